The van der Waals surface area contributed by atoms with Crippen molar-refractivity contribution in [2.75, 3.05) is 37.0 Å². The van der Waals surface area contributed by atoms with Gasteiger partial charge >= 0.3 is 0 Å². The highest BCUT2D eigenvalue weighted by atomic mass is 32.2. The normalized spacial score (nSPS) is 17.2. The van der Waals surface area contributed by atoms with Gasteiger partial charge in [-0.3, -0.25) is 10.1 Å². The summed E-state index contributed by atoms with van der Waals surface area (Å²) in [7, 11) is -2.12. The fourth-order valence-electron chi connectivity index (χ4n) is 2.15. The molecule has 1 heterocycles. The summed E-state index contributed by atoms with van der Waals surface area (Å²) in [5.74, 6) is 1.68. The number of nitro benzene ring substituents is 1. The maximum Gasteiger partial charge on any atom is 0.293 e. The van der Waals surface area contributed by atoms with Crippen LogP contribution in [0, 0.1) is 10.1 Å². The molecule has 0 aliphatic carbocycles. The number of thioether (sulfide) groups is 1. The molecule has 0 spiro atoms. The summed E-state index contributed by atoms with van der Waals surface area (Å²) in [5, 5.41) is 13.7. The predicted molar refractivity (Wildman–Crippen MR) is 83.3 cm³/mol. The standard InChI is InChI=1S/C12H17N3O4S2/c1-13-11-4-3-10(9-12(11)15(16)17)21(18,19)14-5-2-7-20-8-6-14/h3-4,9,13H,2,5-8H2,1H3. The fraction of sp³-hybridized carbons (Fsp3) is 0.500. The zero-order valence-electron chi connectivity index (χ0n) is 11.6. The highest BCUT2D eigenvalue weighted by Gasteiger charge is 2.27. The number of nitrogens with zero attached hydrogens (tertiary/aromatic N) is 2. The maximum absolute atomic E-state index is 12.6. The minimum absolute atomic E-state index is 0.0277. The number of benzene rings is 1. The Morgan fingerprint density at radius 3 is 2.76 bits per heavy atom. The third kappa shape index (κ3) is 3.47. The Morgan fingerprint density at radius 1 is 1.33 bits per heavy atom. The largest absolute Gasteiger partial charge is 0.383 e. The van der Waals surface area contributed by atoms with Gasteiger partial charge in [0.1, 0.15) is 5.69 Å². The van der Waals surface area contributed by atoms with Gasteiger partial charge in [0.05, 0.1) is 9.82 Å². The van der Waals surface area contributed by atoms with Gasteiger partial charge in [-0.1, -0.05) is 0 Å². The molecule has 1 N–H and O–H groups in total. The number of nitrogens with one attached hydrogen (secondary N) is 1. The van der Waals surface area contributed by atoms with Crippen LogP contribution in [0.3, 0.4) is 0 Å². The third-order valence-electron chi connectivity index (χ3n) is 3.25. The van der Waals surface area contributed by atoms with Crippen molar-refractivity contribution < 1.29 is 13.3 Å². The molecule has 2 rings (SSSR count). The smallest absolute Gasteiger partial charge is 0.293 e. The molecule has 1 saturated heterocycles. The van der Waals surface area contributed by atoms with Gasteiger partial charge < -0.3 is 5.32 Å². The second-order valence-corrected chi connectivity index (χ2v) is 7.72. The molecule has 9 heteroatoms. The first-order valence-electron chi connectivity index (χ1n) is 6.51. The Hall–Kier alpha value is -1.32. The summed E-state index contributed by atoms with van der Waals surface area (Å²) in [6.45, 7) is 0.894. The number of hydrogen-bond acceptors (Lipinski definition) is 6. The molecule has 0 atom stereocenters. The van der Waals surface area contributed by atoms with Crippen LogP contribution in [0.1, 0.15) is 6.42 Å². The van der Waals surface area contributed by atoms with Crippen molar-refractivity contribution >= 4 is 33.2 Å². The van der Waals surface area contributed by atoms with Crippen LogP contribution in [0.15, 0.2) is 23.1 Å². The van der Waals surface area contributed by atoms with Crippen LogP contribution in [0.25, 0.3) is 0 Å². The Bertz CT molecular complexity index is 625. The van der Waals surface area contributed by atoms with Crippen molar-refractivity contribution in [3.8, 4) is 0 Å². The minimum atomic E-state index is -3.68. The second kappa shape index (κ2) is 6.63. The Balaban J connectivity index is 2.39. The van der Waals surface area contributed by atoms with Crippen molar-refractivity contribution in [1.29, 1.82) is 0 Å². The number of sulfonamides is 1. The van der Waals surface area contributed by atoms with Crippen molar-refractivity contribution in [1.82, 2.24) is 4.31 Å². The highest BCUT2D eigenvalue weighted by molar-refractivity contribution is 7.99. The van der Waals surface area contributed by atoms with Crippen LogP contribution >= 0.6 is 11.8 Å². The lowest BCUT2D eigenvalue weighted by atomic mass is 10.3. The second-order valence-electron chi connectivity index (χ2n) is 4.56. The van der Waals surface area contributed by atoms with Gasteiger partial charge in [0.25, 0.3) is 5.69 Å². The zero-order valence-corrected chi connectivity index (χ0v) is 13.2. The van der Waals surface area contributed by atoms with Crippen molar-refractivity contribution in [3.05, 3.63) is 28.3 Å². The zero-order chi connectivity index (χ0) is 15.5. The third-order valence-corrected chi connectivity index (χ3v) is 6.20. The summed E-state index contributed by atoms with van der Waals surface area (Å²) in [6.07, 6.45) is 0.792. The lowest BCUT2D eigenvalue weighted by Crippen LogP contribution is -2.33. The van der Waals surface area contributed by atoms with Crippen molar-refractivity contribution in [2.24, 2.45) is 0 Å². The van der Waals surface area contributed by atoms with Crippen LogP contribution in [-0.2, 0) is 10.0 Å². The van der Waals surface area contributed by atoms with Crippen molar-refractivity contribution in [2.45, 2.75) is 11.3 Å². The number of anilines is 1. The molecule has 0 amide bonds. The van der Waals surface area contributed by atoms with E-state index in [4.69, 9.17) is 0 Å². The van der Waals surface area contributed by atoms with Gasteiger partial charge in [0.15, 0.2) is 0 Å². The highest BCUT2D eigenvalue weighted by Crippen LogP contribution is 2.29. The van der Waals surface area contributed by atoms with E-state index in [9.17, 15) is 18.5 Å². The van der Waals surface area contributed by atoms with Crippen LogP contribution in [0.2, 0.25) is 0 Å². The molecule has 0 radical (unpaired) electrons. The SMILES string of the molecule is CNc1ccc(S(=O)(=O)N2CCCSCC2)cc1[N+](=O)[O-]. The Morgan fingerprint density at radius 2 is 2.10 bits per heavy atom. The lowest BCUT2D eigenvalue weighted by Gasteiger charge is -2.19. The van der Waals surface area contributed by atoms with Gasteiger partial charge in [-0.2, -0.15) is 16.1 Å². The van der Waals surface area contributed by atoms with Gasteiger partial charge in [0.2, 0.25) is 10.0 Å². The summed E-state index contributed by atoms with van der Waals surface area (Å²) in [4.78, 5) is 10.4. The van der Waals surface area contributed by atoms with E-state index in [1.807, 2.05) is 0 Å². The summed E-state index contributed by atoms with van der Waals surface area (Å²) >= 11 is 1.72. The van der Waals surface area contributed by atoms with E-state index in [2.05, 4.69) is 5.32 Å². The first-order valence-corrected chi connectivity index (χ1v) is 9.10. The van der Waals surface area contributed by atoms with Gasteiger partial charge in [0, 0.05) is 32.0 Å². The molecular weight excluding hydrogens is 314 g/mol. The van der Waals surface area contributed by atoms with Crippen LogP contribution < -0.4 is 5.32 Å². The monoisotopic (exact) mass is 331 g/mol. The van der Waals surface area contributed by atoms with E-state index in [0.29, 0.717) is 18.8 Å². The molecule has 1 aromatic rings. The summed E-state index contributed by atoms with van der Waals surface area (Å²) in [5.41, 5.74) is 0.0631. The topological polar surface area (TPSA) is 92.6 Å². The van der Waals surface area contributed by atoms with Gasteiger partial charge in [-0.05, 0) is 24.3 Å². The molecule has 0 unspecified atom stereocenters. The van der Waals surface area contributed by atoms with Gasteiger partial charge in [-0.15, -0.1) is 0 Å². The molecule has 116 valence electrons. The molecule has 0 saturated carbocycles. The number of rotatable bonds is 4. The first kappa shape index (κ1) is 16.1. The molecule has 0 aromatic heterocycles. The lowest BCUT2D eigenvalue weighted by molar-refractivity contribution is -0.384. The molecule has 1 aromatic carbocycles. The van der Waals surface area contributed by atoms with Crippen molar-refractivity contribution in [3.63, 3.8) is 0 Å². The van der Waals surface area contributed by atoms with Crippen LogP contribution in [0.5, 0.6) is 0 Å². The van der Waals surface area contributed by atoms with Gasteiger partial charge in [-0.25, -0.2) is 8.42 Å². The fourth-order valence-corrected chi connectivity index (χ4v) is 4.65. The maximum atomic E-state index is 12.6. The van der Waals surface area contributed by atoms with E-state index < -0.39 is 14.9 Å². The predicted octanol–water partition coefficient (Wildman–Crippen LogP) is 1.76. The average molecular weight is 331 g/mol. The van der Waals surface area contributed by atoms with Crippen LogP contribution in [-0.4, -0.2) is 49.3 Å². The van der Waals surface area contributed by atoms with E-state index in [-0.39, 0.29) is 10.6 Å². The summed E-state index contributed by atoms with van der Waals surface area (Å²) < 4.78 is 26.6. The van der Waals surface area contributed by atoms with Crippen LogP contribution in [0.4, 0.5) is 11.4 Å². The molecule has 0 bridgehead atoms. The first-order chi connectivity index (χ1) is 9.96. The quantitative estimate of drug-likeness (QED) is 0.667. The minimum Gasteiger partial charge on any atom is -0.383 e. The molecule has 1 fully saturated rings. The molecule has 1 aliphatic heterocycles. The number of hydrogen-bond donors (Lipinski definition) is 1. The van der Waals surface area contributed by atoms with E-state index >= 15 is 0 Å². The van der Waals surface area contributed by atoms with E-state index in [1.54, 1.807) is 18.8 Å². The molecular formula is C12H17N3O4S2. The molecule has 7 nitrogen and oxygen atoms in total. The molecule has 1 aliphatic rings. The molecule has 21 heavy (non-hydrogen) atoms. The summed E-state index contributed by atoms with van der Waals surface area (Å²) in [6, 6.07) is 3.96. The Labute approximate surface area is 127 Å². The van der Waals surface area contributed by atoms with E-state index in [0.717, 1.165) is 24.0 Å². The van der Waals surface area contributed by atoms with E-state index in [1.165, 1.54) is 16.4 Å². The Kier molecular flexibility index (Phi) is 5.07. The number of nitro groups is 1. The average Bonchev–Trinajstić information content (AvgIpc) is 2.76.